The second-order valence-corrected chi connectivity index (χ2v) is 8.79. The third-order valence-electron chi connectivity index (χ3n) is 6.44. The first-order valence-corrected chi connectivity index (χ1v) is 12.0. The van der Waals surface area contributed by atoms with Gasteiger partial charge in [0.25, 0.3) is 5.91 Å². The average molecular weight is 474 g/mol. The summed E-state index contributed by atoms with van der Waals surface area (Å²) >= 11 is 0. The summed E-state index contributed by atoms with van der Waals surface area (Å²) < 4.78 is 11.2. The first kappa shape index (κ1) is 23.0. The second kappa shape index (κ2) is 10.2. The van der Waals surface area contributed by atoms with Crippen molar-refractivity contribution in [2.45, 2.75) is 18.8 Å². The van der Waals surface area contributed by atoms with Crippen molar-refractivity contribution in [1.82, 2.24) is 10.3 Å². The molecule has 2 aromatic carbocycles. The van der Waals surface area contributed by atoms with Crippen molar-refractivity contribution in [2.75, 3.05) is 56.0 Å². The molecule has 0 spiro atoms. The van der Waals surface area contributed by atoms with Crippen LogP contribution in [0.4, 0.5) is 28.6 Å². The maximum absolute atomic E-state index is 12.4. The third-order valence-corrected chi connectivity index (χ3v) is 6.44. The fourth-order valence-corrected chi connectivity index (χ4v) is 4.37. The summed E-state index contributed by atoms with van der Waals surface area (Å²) in [5.74, 6) is 1.82. The molecular formula is C27H31N5O3. The largest absolute Gasteiger partial charge is 0.494 e. The topological polar surface area (TPSA) is 87.8 Å². The number of para-hydroxylation sites is 1. The molecule has 1 saturated carbocycles. The fraction of sp³-hybridized carbons (Fsp3) is 0.333. The van der Waals surface area contributed by atoms with Crippen LogP contribution in [0.15, 0.2) is 54.7 Å². The Balaban J connectivity index is 1.42. The first-order valence-electron chi connectivity index (χ1n) is 12.0. The highest BCUT2D eigenvalue weighted by atomic mass is 16.5. The molecule has 3 N–H and O–H groups in total. The molecule has 0 atom stereocenters. The molecule has 3 aromatic rings. The predicted octanol–water partition coefficient (Wildman–Crippen LogP) is 4.65. The van der Waals surface area contributed by atoms with E-state index >= 15 is 0 Å². The van der Waals surface area contributed by atoms with Crippen molar-refractivity contribution in [3.63, 3.8) is 0 Å². The minimum absolute atomic E-state index is 0.126. The van der Waals surface area contributed by atoms with Crippen LogP contribution in [0.3, 0.4) is 0 Å². The number of aromatic nitrogens is 1. The molecule has 1 aliphatic heterocycles. The van der Waals surface area contributed by atoms with Gasteiger partial charge in [-0.15, -0.1) is 0 Å². The number of rotatable bonds is 8. The molecule has 2 aliphatic rings. The smallest absolute Gasteiger partial charge is 0.253 e. The zero-order valence-corrected chi connectivity index (χ0v) is 20.1. The van der Waals surface area contributed by atoms with Crippen LogP contribution in [0.2, 0.25) is 0 Å². The summed E-state index contributed by atoms with van der Waals surface area (Å²) in [6, 6.07) is 15.7. The second-order valence-electron chi connectivity index (χ2n) is 8.79. The zero-order chi connectivity index (χ0) is 24.2. The van der Waals surface area contributed by atoms with E-state index in [1.165, 1.54) is 0 Å². The fourth-order valence-electron chi connectivity index (χ4n) is 4.37. The van der Waals surface area contributed by atoms with Gasteiger partial charge in [-0.2, -0.15) is 0 Å². The Morgan fingerprint density at radius 2 is 1.83 bits per heavy atom. The van der Waals surface area contributed by atoms with Crippen LogP contribution >= 0.6 is 0 Å². The lowest BCUT2D eigenvalue weighted by Crippen LogP contribution is -2.36. The van der Waals surface area contributed by atoms with Crippen molar-refractivity contribution in [1.29, 1.82) is 0 Å². The number of methoxy groups -OCH3 is 1. The molecule has 2 fully saturated rings. The van der Waals surface area contributed by atoms with Crippen LogP contribution in [-0.2, 0) is 4.74 Å². The number of carbonyl (C=O) groups is 1. The standard InChI is InChI=1S/C27H31N5O3/c1-28-27(33)20-5-3-4-6-22(20)30-24-16-26(29-17-21(24)18-7-8-18)31-23-10-9-19(15-25(23)34-2)32-11-13-35-14-12-32/h3-6,9-10,15-18H,7-8,11-14H2,1-2H3,(H,28,33)(H2,29,30,31). The lowest BCUT2D eigenvalue weighted by molar-refractivity contribution is 0.0964. The molecule has 2 heterocycles. The van der Waals surface area contributed by atoms with Gasteiger partial charge in [0.2, 0.25) is 0 Å². The van der Waals surface area contributed by atoms with Crippen molar-refractivity contribution < 1.29 is 14.3 Å². The Bertz CT molecular complexity index is 1210. The Labute approximate surface area is 205 Å². The monoisotopic (exact) mass is 473 g/mol. The quantitative estimate of drug-likeness (QED) is 0.439. The van der Waals surface area contributed by atoms with E-state index < -0.39 is 0 Å². The molecular weight excluding hydrogens is 442 g/mol. The highest BCUT2D eigenvalue weighted by Gasteiger charge is 2.27. The number of carbonyl (C=O) groups excluding carboxylic acids is 1. The van der Waals surface area contributed by atoms with E-state index in [1.54, 1.807) is 14.2 Å². The van der Waals surface area contributed by atoms with E-state index in [0.717, 1.165) is 73.2 Å². The van der Waals surface area contributed by atoms with Gasteiger partial charge in [0.1, 0.15) is 11.6 Å². The van der Waals surface area contributed by atoms with Crippen LogP contribution in [0.25, 0.3) is 0 Å². The van der Waals surface area contributed by atoms with Crippen LogP contribution in [0.1, 0.15) is 34.7 Å². The third kappa shape index (κ3) is 5.17. The number of anilines is 5. The molecule has 1 saturated heterocycles. The molecule has 1 aromatic heterocycles. The number of nitrogens with zero attached hydrogens (tertiary/aromatic N) is 2. The van der Waals surface area contributed by atoms with Crippen LogP contribution in [0.5, 0.6) is 5.75 Å². The highest BCUT2D eigenvalue weighted by Crippen LogP contribution is 2.45. The lowest BCUT2D eigenvalue weighted by atomic mass is 10.1. The molecule has 1 aliphatic carbocycles. The Kier molecular flexibility index (Phi) is 6.72. The van der Waals surface area contributed by atoms with E-state index in [2.05, 4.69) is 31.9 Å². The average Bonchev–Trinajstić information content (AvgIpc) is 3.75. The zero-order valence-electron chi connectivity index (χ0n) is 20.1. The maximum Gasteiger partial charge on any atom is 0.253 e. The molecule has 8 nitrogen and oxygen atoms in total. The molecule has 8 heteroatoms. The molecule has 1 amide bonds. The number of amides is 1. The van der Waals surface area contributed by atoms with Gasteiger partial charge in [0.05, 0.1) is 37.3 Å². The first-order chi connectivity index (χ1) is 17.2. The number of morpholine rings is 1. The van der Waals surface area contributed by atoms with Crippen LogP contribution < -0.4 is 25.6 Å². The maximum atomic E-state index is 12.4. The SMILES string of the molecule is CNC(=O)c1ccccc1Nc1cc(Nc2ccc(N3CCOCC3)cc2OC)ncc1C1CC1. The van der Waals surface area contributed by atoms with Crippen LogP contribution in [-0.4, -0.2) is 51.4 Å². The van der Waals surface area contributed by atoms with Crippen molar-refractivity contribution >= 4 is 34.5 Å². The number of benzene rings is 2. The Hall–Kier alpha value is -3.78. The summed E-state index contributed by atoms with van der Waals surface area (Å²) in [7, 11) is 3.32. The molecule has 0 radical (unpaired) electrons. The summed E-state index contributed by atoms with van der Waals surface area (Å²) in [5, 5.41) is 9.62. The minimum Gasteiger partial charge on any atom is -0.494 e. The van der Waals surface area contributed by atoms with Crippen LogP contribution in [0, 0.1) is 0 Å². The Morgan fingerprint density at radius 1 is 1.03 bits per heavy atom. The van der Waals surface area contributed by atoms with Crippen molar-refractivity contribution in [3.8, 4) is 5.75 Å². The van der Waals surface area contributed by atoms with Crippen molar-refractivity contribution in [2.24, 2.45) is 0 Å². The van der Waals surface area contributed by atoms with Gasteiger partial charge in [-0.05, 0) is 48.6 Å². The summed E-state index contributed by atoms with van der Waals surface area (Å²) in [6.07, 6.45) is 4.23. The summed E-state index contributed by atoms with van der Waals surface area (Å²) in [4.78, 5) is 19.4. The van der Waals surface area contributed by atoms with Gasteiger partial charge in [-0.1, -0.05) is 12.1 Å². The van der Waals surface area contributed by atoms with E-state index in [9.17, 15) is 4.79 Å². The predicted molar refractivity (Wildman–Crippen MR) is 139 cm³/mol. The number of ether oxygens (including phenoxy) is 2. The number of nitrogens with one attached hydrogen (secondary N) is 3. The molecule has 0 unspecified atom stereocenters. The van der Waals surface area contributed by atoms with E-state index in [0.29, 0.717) is 17.3 Å². The van der Waals surface area contributed by atoms with E-state index in [-0.39, 0.29) is 5.91 Å². The number of pyridine rings is 1. The lowest BCUT2D eigenvalue weighted by Gasteiger charge is -2.29. The normalized spacial score (nSPS) is 15.4. The molecule has 5 rings (SSSR count). The van der Waals surface area contributed by atoms with Gasteiger partial charge in [0.15, 0.2) is 0 Å². The molecule has 182 valence electrons. The Morgan fingerprint density at radius 3 is 2.57 bits per heavy atom. The van der Waals surface area contributed by atoms with Crippen molar-refractivity contribution in [3.05, 3.63) is 65.9 Å². The van der Waals surface area contributed by atoms with E-state index in [1.807, 2.05) is 48.7 Å². The van der Waals surface area contributed by atoms with Gasteiger partial charge in [-0.3, -0.25) is 4.79 Å². The molecule has 0 bridgehead atoms. The highest BCUT2D eigenvalue weighted by molar-refractivity contribution is 6.00. The molecule has 35 heavy (non-hydrogen) atoms. The van der Waals surface area contributed by atoms with E-state index in [4.69, 9.17) is 9.47 Å². The minimum atomic E-state index is -0.126. The van der Waals surface area contributed by atoms with Gasteiger partial charge >= 0.3 is 0 Å². The summed E-state index contributed by atoms with van der Waals surface area (Å²) in [5.41, 5.74) is 5.43. The number of hydrogen-bond acceptors (Lipinski definition) is 7. The van der Waals surface area contributed by atoms with Gasteiger partial charge < -0.3 is 30.3 Å². The number of hydrogen-bond donors (Lipinski definition) is 3. The summed E-state index contributed by atoms with van der Waals surface area (Å²) in [6.45, 7) is 3.20. The van der Waals surface area contributed by atoms with Gasteiger partial charge in [-0.25, -0.2) is 4.98 Å². The van der Waals surface area contributed by atoms with Gasteiger partial charge in [0, 0.05) is 49.8 Å².